The average Bonchev–Trinajstić information content (AvgIpc) is 3.15. The highest BCUT2D eigenvalue weighted by atomic mass is 19.1. The molecule has 0 saturated carbocycles. The summed E-state index contributed by atoms with van der Waals surface area (Å²) >= 11 is 0. The molecule has 1 aromatic carbocycles. The Hall–Kier alpha value is -1.84. The Labute approximate surface area is 130 Å². The fourth-order valence-electron chi connectivity index (χ4n) is 3.51. The largest absolute Gasteiger partial charge is 0.494 e. The van der Waals surface area contributed by atoms with Crippen LogP contribution in [0.25, 0.3) is 0 Å². The van der Waals surface area contributed by atoms with Crippen LogP contribution in [0.15, 0.2) is 30.4 Å². The van der Waals surface area contributed by atoms with Gasteiger partial charge in [-0.25, -0.2) is 4.39 Å². The number of benzene rings is 1. The highest BCUT2D eigenvalue weighted by Gasteiger charge is 2.39. The Balaban J connectivity index is 1.53. The van der Waals surface area contributed by atoms with Crippen LogP contribution in [0.3, 0.4) is 0 Å². The lowest BCUT2D eigenvalue weighted by atomic mass is 9.85. The van der Waals surface area contributed by atoms with Crippen LogP contribution in [0.1, 0.15) is 31.2 Å². The van der Waals surface area contributed by atoms with Crippen molar-refractivity contribution in [2.75, 3.05) is 20.2 Å². The van der Waals surface area contributed by atoms with E-state index in [-0.39, 0.29) is 17.5 Å². The average molecular weight is 303 g/mol. The number of likely N-dealkylation sites (tertiary alicyclic amines) is 1. The molecular formula is C18H22FNO2. The SMILES string of the molecule is COc1ccc(CCC(=O)N2CCC3(CC=CC3)C2)cc1F. The first-order valence-corrected chi connectivity index (χ1v) is 7.87. The number of carbonyl (C=O) groups is 1. The van der Waals surface area contributed by atoms with Crippen molar-refractivity contribution in [2.45, 2.75) is 32.1 Å². The number of carbonyl (C=O) groups excluding carboxylic acids is 1. The van der Waals surface area contributed by atoms with Gasteiger partial charge in [0.2, 0.25) is 5.91 Å². The van der Waals surface area contributed by atoms with Crippen molar-refractivity contribution in [1.29, 1.82) is 0 Å². The summed E-state index contributed by atoms with van der Waals surface area (Å²) in [5, 5.41) is 0. The Morgan fingerprint density at radius 3 is 2.82 bits per heavy atom. The molecular weight excluding hydrogens is 281 g/mol. The normalized spacial score (nSPS) is 19.1. The number of nitrogens with zero attached hydrogens (tertiary/aromatic N) is 1. The van der Waals surface area contributed by atoms with Gasteiger partial charge < -0.3 is 9.64 Å². The van der Waals surface area contributed by atoms with Crippen LogP contribution in [-0.2, 0) is 11.2 Å². The predicted octanol–water partition coefficient (Wildman–Crippen LogP) is 3.34. The fourth-order valence-corrected chi connectivity index (χ4v) is 3.51. The van der Waals surface area contributed by atoms with Gasteiger partial charge in [0.1, 0.15) is 0 Å². The summed E-state index contributed by atoms with van der Waals surface area (Å²) in [5.74, 6) is 0.0508. The molecule has 1 fully saturated rings. The molecule has 118 valence electrons. The molecule has 1 aromatic rings. The summed E-state index contributed by atoms with van der Waals surface area (Å²) in [6, 6.07) is 4.89. The maximum atomic E-state index is 13.6. The van der Waals surface area contributed by atoms with Gasteiger partial charge in [-0.1, -0.05) is 18.2 Å². The van der Waals surface area contributed by atoms with Crippen molar-refractivity contribution in [1.82, 2.24) is 4.90 Å². The zero-order valence-corrected chi connectivity index (χ0v) is 13.0. The lowest BCUT2D eigenvalue weighted by Gasteiger charge is -2.23. The van der Waals surface area contributed by atoms with E-state index in [1.54, 1.807) is 6.07 Å². The molecule has 0 N–H and O–H groups in total. The minimum Gasteiger partial charge on any atom is -0.494 e. The van der Waals surface area contributed by atoms with Crippen LogP contribution in [0.4, 0.5) is 4.39 Å². The van der Waals surface area contributed by atoms with E-state index in [4.69, 9.17) is 4.74 Å². The van der Waals surface area contributed by atoms with Crippen LogP contribution in [-0.4, -0.2) is 31.0 Å². The first-order chi connectivity index (χ1) is 10.6. The number of halogens is 1. The van der Waals surface area contributed by atoms with Gasteiger partial charge in [-0.2, -0.15) is 0 Å². The van der Waals surface area contributed by atoms with E-state index in [9.17, 15) is 9.18 Å². The third-order valence-electron chi connectivity index (χ3n) is 4.90. The maximum Gasteiger partial charge on any atom is 0.222 e. The number of amides is 1. The molecule has 4 heteroatoms. The van der Waals surface area contributed by atoms with Crippen LogP contribution in [0, 0.1) is 11.2 Å². The summed E-state index contributed by atoms with van der Waals surface area (Å²) in [6.45, 7) is 1.73. The Morgan fingerprint density at radius 1 is 1.36 bits per heavy atom. The van der Waals surface area contributed by atoms with Crippen LogP contribution < -0.4 is 4.74 Å². The number of hydrogen-bond acceptors (Lipinski definition) is 2. The molecule has 0 radical (unpaired) electrons. The molecule has 1 aliphatic carbocycles. The van der Waals surface area contributed by atoms with Crippen LogP contribution >= 0.6 is 0 Å². The van der Waals surface area contributed by atoms with Gasteiger partial charge >= 0.3 is 0 Å². The number of hydrogen-bond donors (Lipinski definition) is 0. The van der Waals surface area contributed by atoms with E-state index in [2.05, 4.69) is 12.2 Å². The van der Waals surface area contributed by atoms with Crippen molar-refractivity contribution < 1.29 is 13.9 Å². The van der Waals surface area contributed by atoms with Crippen LogP contribution in [0.2, 0.25) is 0 Å². The summed E-state index contributed by atoms with van der Waals surface area (Å²) in [4.78, 5) is 14.3. The van der Waals surface area contributed by atoms with Gasteiger partial charge in [-0.05, 0) is 48.8 Å². The molecule has 0 bridgehead atoms. The molecule has 1 aliphatic heterocycles. The summed E-state index contributed by atoms with van der Waals surface area (Å²) in [6.07, 6.45) is 8.77. The second-order valence-corrected chi connectivity index (χ2v) is 6.41. The predicted molar refractivity (Wildman–Crippen MR) is 83.3 cm³/mol. The zero-order valence-electron chi connectivity index (χ0n) is 13.0. The fraction of sp³-hybridized carbons (Fsp3) is 0.500. The second-order valence-electron chi connectivity index (χ2n) is 6.41. The summed E-state index contributed by atoms with van der Waals surface area (Å²) < 4.78 is 18.6. The lowest BCUT2D eigenvalue weighted by molar-refractivity contribution is -0.130. The number of methoxy groups -OCH3 is 1. The van der Waals surface area contributed by atoms with Gasteiger partial charge in [0.25, 0.3) is 0 Å². The molecule has 1 heterocycles. The standard InChI is InChI=1S/C18H22FNO2/c1-22-16-6-4-14(12-15(16)19)5-7-17(21)20-11-10-18(13-20)8-2-3-9-18/h2-4,6,12H,5,7-11,13H2,1H3. The minimum absolute atomic E-state index is 0.181. The van der Waals surface area contributed by atoms with Gasteiger partial charge in [0.05, 0.1) is 7.11 Å². The highest BCUT2D eigenvalue weighted by molar-refractivity contribution is 5.76. The van der Waals surface area contributed by atoms with E-state index in [1.807, 2.05) is 11.0 Å². The van der Waals surface area contributed by atoms with E-state index < -0.39 is 0 Å². The number of allylic oxidation sites excluding steroid dienone is 2. The molecule has 3 rings (SSSR count). The second kappa shape index (κ2) is 6.11. The van der Waals surface area contributed by atoms with Crippen LogP contribution in [0.5, 0.6) is 5.75 Å². The zero-order chi connectivity index (χ0) is 15.6. The van der Waals surface area contributed by atoms with Gasteiger partial charge in [-0.15, -0.1) is 0 Å². The molecule has 22 heavy (non-hydrogen) atoms. The monoisotopic (exact) mass is 303 g/mol. The third-order valence-corrected chi connectivity index (χ3v) is 4.90. The van der Waals surface area contributed by atoms with E-state index in [0.29, 0.717) is 18.3 Å². The van der Waals surface area contributed by atoms with Crippen molar-refractivity contribution in [3.05, 3.63) is 41.7 Å². The van der Waals surface area contributed by atoms with Gasteiger partial charge in [0, 0.05) is 19.5 Å². The molecule has 1 saturated heterocycles. The molecule has 2 aliphatic rings. The maximum absolute atomic E-state index is 13.6. The lowest BCUT2D eigenvalue weighted by Crippen LogP contribution is -2.31. The third kappa shape index (κ3) is 3.01. The number of rotatable bonds is 4. The van der Waals surface area contributed by atoms with E-state index in [1.165, 1.54) is 13.2 Å². The number of aryl methyl sites for hydroxylation is 1. The van der Waals surface area contributed by atoms with Crippen molar-refractivity contribution in [3.63, 3.8) is 0 Å². The Bertz CT molecular complexity index is 589. The van der Waals surface area contributed by atoms with E-state index in [0.717, 1.165) is 37.9 Å². The van der Waals surface area contributed by atoms with Crippen molar-refractivity contribution in [2.24, 2.45) is 5.41 Å². The number of ether oxygens (including phenoxy) is 1. The first kappa shape index (κ1) is 15.1. The van der Waals surface area contributed by atoms with Crippen molar-refractivity contribution >= 4 is 5.91 Å². The highest BCUT2D eigenvalue weighted by Crippen LogP contribution is 2.41. The molecule has 1 amide bonds. The Morgan fingerprint density at radius 2 is 2.14 bits per heavy atom. The minimum atomic E-state index is -0.371. The molecule has 0 atom stereocenters. The summed E-state index contributed by atoms with van der Waals surface area (Å²) in [7, 11) is 1.45. The van der Waals surface area contributed by atoms with Gasteiger partial charge in [0.15, 0.2) is 11.6 Å². The Kier molecular flexibility index (Phi) is 4.19. The van der Waals surface area contributed by atoms with E-state index >= 15 is 0 Å². The van der Waals surface area contributed by atoms with Crippen molar-refractivity contribution in [3.8, 4) is 5.75 Å². The quantitative estimate of drug-likeness (QED) is 0.799. The van der Waals surface area contributed by atoms with Gasteiger partial charge in [-0.3, -0.25) is 4.79 Å². The molecule has 0 unspecified atom stereocenters. The summed E-state index contributed by atoms with van der Waals surface area (Å²) in [5.41, 5.74) is 1.14. The molecule has 0 aromatic heterocycles. The topological polar surface area (TPSA) is 29.5 Å². The first-order valence-electron chi connectivity index (χ1n) is 7.87. The molecule has 3 nitrogen and oxygen atoms in total. The molecule has 1 spiro atoms. The smallest absolute Gasteiger partial charge is 0.222 e.